The highest BCUT2D eigenvalue weighted by atomic mass is 32.2. The molecule has 1 aliphatic heterocycles. The second-order valence-electron chi connectivity index (χ2n) is 8.64. The van der Waals surface area contributed by atoms with Crippen LogP contribution < -0.4 is 5.32 Å². The Kier molecular flexibility index (Phi) is 7.82. The van der Waals surface area contributed by atoms with Crippen molar-refractivity contribution in [1.29, 1.82) is 0 Å². The molecule has 4 rings (SSSR count). The third-order valence-electron chi connectivity index (χ3n) is 6.09. The maximum Gasteiger partial charge on any atom is 0.416 e. The molecule has 11 heteroatoms. The number of hydrogen-bond acceptors (Lipinski definition) is 5. The van der Waals surface area contributed by atoms with Crippen LogP contribution in [0, 0.1) is 0 Å². The number of benzene rings is 2. The number of rotatable bonds is 7. The average Bonchev–Trinajstić information content (AvgIpc) is 3.35. The van der Waals surface area contributed by atoms with Crippen molar-refractivity contribution in [2.45, 2.75) is 38.3 Å². The van der Waals surface area contributed by atoms with Gasteiger partial charge in [-0.3, -0.25) is 4.79 Å². The van der Waals surface area contributed by atoms with Crippen molar-refractivity contribution >= 4 is 33.0 Å². The van der Waals surface area contributed by atoms with Crippen LogP contribution in [0.3, 0.4) is 0 Å². The van der Waals surface area contributed by atoms with E-state index in [4.69, 9.17) is 0 Å². The lowest BCUT2D eigenvalue weighted by atomic mass is 9.99. The molecule has 0 atom stereocenters. The van der Waals surface area contributed by atoms with Crippen LogP contribution >= 0.6 is 11.3 Å². The zero-order valence-electron chi connectivity index (χ0n) is 19.6. The molecule has 192 valence electrons. The predicted octanol–water partition coefficient (Wildman–Crippen LogP) is 6.00. The van der Waals surface area contributed by atoms with Gasteiger partial charge in [0.2, 0.25) is 10.0 Å². The monoisotopic (exact) mass is 537 g/mol. The minimum atomic E-state index is -4.47. The fourth-order valence-corrected chi connectivity index (χ4v) is 6.75. The first-order valence-corrected chi connectivity index (χ1v) is 14.1. The molecule has 1 saturated heterocycles. The van der Waals surface area contributed by atoms with Crippen molar-refractivity contribution in [3.8, 4) is 11.1 Å². The maximum atomic E-state index is 13.2. The van der Waals surface area contributed by atoms with Gasteiger partial charge in [0.05, 0.1) is 16.3 Å². The predicted molar refractivity (Wildman–Crippen MR) is 135 cm³/mol. The first-order chi connectivity index (χ1) is 17.1. The molecule has 1 fully saturated rings. The number of anilines is 1. The lowest BCUT2D eigenvalue weighted by molar-refractivity contribution is -0.137. The van der Waals surface area contributed by atoms with Crippen LogP contribution in [0.2, 0.25) is 0 Å². The van der Waals surface area contributed by atoms with Gasteiger partial charge in [0.15, 0.2) is 0 Å². The molecular weight excluding hydrogens is 511 g/mol. The first kappa shape index (κ1) is 26.3. The summed E-state index contributed by atoms with van der Waals surface area (Å²) in [6.07, 6.45) is -2.63. The lowest BCUT2D eigenvalue weighted by Crippen LogP contribution is -2.39. The molecule has 2 heterocycles. The molecule has 2 aromatic carbocycles. The Morgan fingerprint density at radius 2 is 1.86 bits per heavy atom. The van der Waals surface area contributed by atoms with Gasteiger partial charge >= 0.3 is 6.18 Å². The van der Waals surface area contributed by atoms with E-state index in [1.807, 2.05) is 6.92 Å². The summed E-state index contributed by atoms with van der Waals surface area (Å²) in [4.78, 5) is 17.4. The van der Waals surface area contributed by atoms with E-state index in [0.29, 0.717) is 49.2 Å². The van der Waals surface area contributed by atoms with Crippen LogP contribution in [0.15, 0.2) is 53.9 Å². The average molecular weight is 538 g/mol. The van der Waals surface area contributed by atoms with Crippen LogP contribution in [0.25, 0.3) is 11.1 Å². The van der Waals surface area contributed by atoms with Crippen molar-refractivity contribution in [2.24, 2.45) is 0 Å². The second-order valence-corrected chi connectivity index (χ2v) is 11.6. The normalized spacial score (nSPS) is 15.7. The summed E-state index contributed by atoms with van der Waals surface area (Å²) in [5.74, 6) is -0.247. The van der Waals surface area contributed by atoms with Crippen molar-refractivity contribution in [2.75, 3.05) is 24.2 Å². The lowest BCUT2D eigenvalue weighted by Gasteiger charge is -2.30. The van der Waals surface area contributed by atoms with E-state index in [-0.39, 0.29) is 17.4 Å². The number of piperidine rings is 1. The number of nitrogens with zero attached hydrogens (tertiary/aromatic N) is 2. The number of carbonyl (C=O) groups excluding carboxylic acids is 1. The van der Waals surface area contributed by atoms with Gasteiger partial charge in [-0.05, 0) is 43.0 Å². The Morgan fingerprint density at radius 3 is 2.56 bits per heavy atom. The van der Waals surface area contributed by atoms with E-state index in [0.717, 1.165) is 17.1 Å². The minimum absolute atomic E-state index is 0.0713. The number of halogens is 3. The Morgan fingerprint density at radius 1 is 1.14 bits per heavy atom. The quantitative estimate of drug-likeness (QED) is 0.401. The number of sulfonamides is 1. The maximum absolute atomic E-state index is 13.2. The van der Waals surface area contributed by atoms with Crippen LogP contribution in [-0.4, -0.2) is 42.5 Å². The molecule has 0 aliphatic carbocycles. The number of aromatic nitrogens is 1. The van der Waals surface area contributed by atoms with Gasteiger partial charge in [0.25, 0.3) is 5.91 Å². The smallest absolute Gasteiger partial charge is 0.320 e. The molecule has 1 aromatic heterocycles. The SMILES string of the molecule is CCCS(=O)(=O)N1CCC(c2nc(C(=O)Nc3ccccc3-c3cccc(C(F)(F)F)c3)cs2)CC1. The third kappa shape index (κ3) is 5.96. The number of hydrogen-bond donors (Lipinski definition) is 1. The molecule has 0 radical (unpaired) electrons. The van der Waals surface area contributed by atoms with Gasteiger partial charge in [-0.2, -0.15) is 13.2 Å². The molecule has 0 spiro atoms. The van der Waals surface area contributed by atoms with Crippen molar-refractivity contribution in [1.82, 2.24) is 9.29 Å². The molecule has 6 nitrogen and oxygen atoms in total. The van der Waals surface area contributed by atoms with E-state index < -0.39 is 27.7 Å². The molecule has 0 unspecified atom stereocenters. The fraction of sp³-hybridized carbons (Fsp3) is 0.360. The van der Waals surface area contributed by atoms with Gasteiger partial charge in [-0.1, -0.05) is 37.3 Å². The second kappa shape index (κ2) is 10.7. The van der Waals surface area contributed by atoms with Gasteiger partial charge < -0.3 is 5.32 Å². The molecule has 36 heavy (non-hydrogen) atoms. The summed E-state index contributed by atoms with van der Waals surface area (Å²) in [6.45, 7) is 2.70. The summed E-state index contributed by atoms with van der Waals surface area (Å²) >= 11 is 1.35. The highest BCUT2D eigenvalue weighted by molar-refractivity contribution is 7.89. The summed E-state index contributed by atoms with van der Waals surface area (Å²) in [6, 6.07) is 11.6. The fourth-order valence-electron chi connectivity index (χ4n) is 4.24. The minimum Gasteiger partial charge on any atom is -0.320 e. The number of carbonyl (C=O) groups is 1. The number of thiazole rings is 1. The van der Waals surface area contributed by atoms with Gasteiger partial charge in [0, 0.05) is 35.6 Å². The molecule has 1 aliphatic rings. The zero-order chi connectivity index (χ0) is 25.9. The highest BCUT2D eigenvalue weighted by Gasteiger charge is 2.31. The van der Waals surface area contributed by atoms with E-state index in [2.05, 4.69) is 10.3 Å². The van der Waals surface area contributed by atoms with Crippen LogP contribution in [0.1, 0.15) is 53.2 Å². The summed E-state index contributed by atoms with van der Waals surface area (Å²) in [5.41, 5.74) is 0.636. The van der Waals surface area contributed by atoms with E-state index in [1.54, 1.807) is 35.7 Å². The number of nitrogens with one attached hydrogen (secondary N) is 1. The topological polar surface area (TPSA) is 79.4 Å². The molecule has 3 aromatic rings. The summed E-state index contributed by atoms with van der Waals surface area (Å²) < 4.78 is 65.7. The molecule has 1 amide bonds. The Hall–Kier alpha value is -2.76. The van der Waals surface area contributed by atoms with E-state index >= 15 is 0 Å². The number of alkyl halides is 3. The van der Waals surface area contributed by atoms with Gasteiger partial charge in [0.1, 0.15) is 5.69 Å². The molecule has 0 saturated carbocycles. The number of para-hydroxylation sites is 1. The van der Waals surface area contributed by atoms with Crippen LogP contribution in [0.4, 0.5) is 18.9 Å². The largest absolute Gasteiger partial charge is 0.416 e. The molecule has 0 bridgehead atoms. The molecular formula is C25H26F3N3O3S2. The van der Waals surface area contributed by atoms with Crippen molar-refractivity contribution in [3.05, 3.63) is 70.2 Å². The van der Waals surface area contributed by atoms with Gasteiger partial charge in [-0.15, -0.1) is 11.3 Å². The van der Waals surface area contributed by atoms with Crippen molar-refractivity contribution < 1.29 is 26.4 Å². The van der Waals surface area contributed by atoms with E-state index in [1.165, 1.54) is 21.7 Å². The standard InChI is InChI=1S/C25H26F3N3O3S2/c1-2-14-36(33,34)31-12-10-17(11-13-31)24-30-22(16-35-24)23(32)29-21-9-4-3-8-20(21)18-6-5-7-19(15-18)25(26,27)28/h3-9,15-17H,2,10-14H2,1H3,(H,29,32). The Labute approximate surface area is 212 Å². The highest BCUT2D eigenvalue weighted by Crippen LogP contribution is 2.35. The third-order valence-corrected chi connectivity index (χ3v) is 9.17. The number of amides is 1. The van der Waals surface area contributed by atoms with Crippen LogP contribution in [-0.2, 0) is 16.2 Å². The summed E-state index contributed by atoms with van der Waals surface area (Å²) in [5, 5.41) is 5.20. The van der Waals surface area contributed by atoms with Crippen molar-refractivity contribution in [3.63, 3.8) is 0 Å². The first-order valence-electron chi connectivity index (χ1n) is 11.6. The Balaban J connectivity index is 1.46. The Bertz CT molecular complexity index is 1330. The van der Waals surface area contributed by atoms with Gasteiger partial charge in [-0.25, -0.2) is 17.7 Å². The van der Waals surface area contributed by atoms with Crippen LogP contribution in [0.5, 0.6) is 0 Å². The molecule has 1 N–H and O–H groups in total. The van der Waals surface area contributed by atoms with E-state index in [9.17, 15) is 26.4 Å². The zero-order valence-corrected chi connectivity index (χ0v) is 21.2. The summed E-state index contributed by atoms with van der Waals surface area (Å²) in [7, 11) is -3.23.